The van der Waals surface area contributed by atoms with Crippen molar-refractivity contribution in [1.29, 1.82) is 0 Å². The van der Waals surface area contributed by atoms with E-state index in [2.05, 4.69) is 47.9 Å². The van der Waals surface area contributed by atoms with Crippen LogP contribution in [0, 0.1) is 0 Å². The van der Waals surface area contributed by atoms with Gasteiger partial charge in [-0.3, -0.25) is 9.20 Å². The first-order chi connectivity index (χ1) is 13.4. The Morgan fingerprint density at radius 3 is 2.61 bits per heavy atom. The van der Waals surface area contributed by atoms with Crippen LogP contribution in [0.25, 0.3) is 11.2 Å². The zero-order valence-electron chi connectivity index (χ0n) is 16.3. The summed E-state index contributed by atoms with van der Waals surface area (Å²) < 4.78 is 1.90. The quantitative estimate of drug-likeness (QED) is 0.459. The number of carbonyl (C=O) groups excluding carboxylic acids is 1. The lowest BCUT2D eigenvalue weighted by atomic mass is 10.1. The molecule has 3 aromatic rings. The van der Waals surface area contributed by atoms with Crippen molar-refractivity contribution in [2.24, 2.45) is 0 Å². The van der Waals surface area contributed by atoms with Gasteiger partial charge >= 0.3 is 0 Å². The number of amides is 1. The smallest absolute Gasteiger partial charge is 0.278 e. The second kappa shape index (κ2) is 8.35. The second-order valence-corrected chi connectivity index (χ2v) is 7.02. The number of pyridine rings is 1. The summed E-state index contributed by atoms with van der Waals surface area (Å²) in [6, 6.07) is 3.39. The van der Waals surface area contributed by atoms with Crippen molar-refractivity contribution in [2.45, 2.75) is 27.2 Å². The number of hydrogen-bond donors (Lipinski definition) is 0. The second-order valence-electron chi connectivity index (χ2n) is 6.64. The zero-order chi connectivity index (χ0) is 20.3. The fraction of sp³-hybridized carbons (Fsp3) is 0.238. The molecule has 0 aliphatic carbocycles. The van der Waals surface area contributed by atoms with Gasteiger partial charge in [-0.2, -0.15) is 0 Å². The average Bonchev–Trinajstić information content (AvgIpc) is 3.10. The lowest BCUT2D eigenvalue weighted by Crippen LogP contribution is -2.27. The lowest BCUT2D eigenvalue weighted by Gasteiger charge is -2.16. The molecule has 0 radical (unpaired) electrons. The van der Waals surface area contributed by atoms with Crippen molar-refractivity contribution >= 4 is 34.4 Å². The summed E-state index contributed by atoms with van der Waals surface area (Å²) in [4.78, 5) is 27.2. The summed E-state index contributed by atoms with van der Waals surface area (Å²) in [5, 5.41) is 0.377. The lowest BCUT2D eigenvalue weighted by molar-refractivity contribution is 0.0987. The molecule has 0 aliphatic heterocycles. The Morgan fingerprint density at radius 2 is 1.96 bits per heavy atom. The highest BCUT2D eigenvalue weighted by atomic mass is 35.5. The molecule has 0 atom stereocenters. The normalized spacial score (nSPS) is 11.5. The topological polar surface area (TPSA) is 63.4 Å². The summed E-state index contributed by atoms with van der Waals surface area (Å²) >= 11 is 5.83. The van der Waals surface area contributed by atoms with Crippen LogP contribution in [0.3, 0.4) is 0 Å². The highest BCUT2D eigenvalue weighted by molar-refractivity contribution is 6.29. The minimum absolute atomic E-state index is 0.242. The van der Waals surface area contributed by atoms with Crippen LogP contribution < -0.4 is 4.90 Å². The molecule has 3 aromatic heterocycles. The molecule has 0 aromatic carbocycles. The third kappa shape index (κ3) is 4.12. The molecule has 0 saturated carbocycles. The Bertz CT molecular complexity index is 1060. The highest BCUT2D eigenvalue weighted by Crippen LogP contribution is 2.21. The number of allylic oxidation sites excluding steroid dienone is 4. The number of fused-ring (bicyclic) bond motifs is 1. The van der Waals surface area contributed by atoms with Gasteiger partial charge in [-0.15, -0.1) is 0 Å². The van der Waals surface area contributed by atoms with Gasteiger partial charge in [0.1, 0.15) is 10.8 Å². The van der Waals surface area contributed by atoms with Gasteiger partial charge in [0.05, 0.1) is 30.0 Å². The fourth-order valence-corrected chi connectivity index (χ4v) is 2.95. The van der Waals surface area contributed by atoms with Gasteiger partial charge in [0.2, 0.25) is 0 Å². The molecule has 0 N–H and O–H groups in total. The summed E-state index contributed by atoms with van der Waals surface area (Å²) in [7, 11) is 1.68. The molecular weight excluding hydrogens is 374 g/mol. The van der Waals surface area contributed by atoms with Crippen LogP contribution in [0.2, 0.25) is 5.15 Å². The Kier molecular flexibility index (Phi) is 5.90. The predicted molar refractivity (Wildman–Crippen MR) is 113 cm³/mol. The van der Waals surface area contributed by atoms with E-state index in [4.69, 9.17) is 11.6 Å². The van der Waals surface area contributed by atoms with Crippen LogP contribution in [-0.2, 0) is 0 Å². The number of rotatable bonds is 5. The Morgan fingerprint density at radius 1 is 1.18 bits per heavy atom. The number of nitrogens with zero attached hydrogens (tertiary/aromatic N) is 5. The maximum atomic E-state index is 12.9. The molecule has 0 fully saturated rings. The van der Waals surface area contributed by atoms with Gasteiger partial charge in [-0.05, 0) is 38.0 Å². The van der Waals surface area contributed by atoms with Crippen molar-refractivity contribution in [1.82, 2.24) is 19.4 Å². The van der Waals surface area contributed by atoms with E-state index in [0.29, 0.717) is 22.2 Å². The molecule has 0 aliphatic rings. The van der Waals surface area contributed by atoms with Crippen LogP contribution in [0.5, 0.6) is 0 Å². The van der Waals surface area contributed by atoms with E-state index in [1.807, 2.05) is 4.40 Å². The first-order valence-electron chi connectivity index (χ1n) is 8.99. The Balaban J connectivity index is 2.01. The predicted octanol–water partition coefficient (Wildman–Crippen LogP) is 4.81. The summed E-state index contributed by atoms with van der Waals surface area (Å²) in [6.45, 7) is 6.20. The van der Waals surface area contributed by atoms with Crippen molar-refractivity contribution in [3.05, 3.63) is 71.2 Å². The van der Waals surface area contributed by atoms with Crippen molar-refractivity contribution in [2.75, 3.05) is 11.9 Å². The van der Waals surface area contributed by atoms with Crippen LogP contribution >= 0.6 is 11.6 Å². The first kappa shape index (κ1) is 19.8. The molecule has 0 bridgehead atoms. The van der Waals surface area contributed by atoms with Gasteiger partial charge in [0, 0.05) is 13.2 Å². The molecule has 0 saturated heterocycles. The van der Waals surface area contributed by atoms with Gasteiger partial charge in [-0.1, -0.05) is 36.2 Å². The molecule has 7 heteroatoms. The maximum Gasteiger partial charge on any atom is 0.278 e. The first-order valence-corrected chi connectivity index (χ1v) is 9.36. The minimum atomic E-state index is -0.242. The third-order valence-corrected chi connectivity index (χ3v) is 4.41. The number of carbonyl (C=O) groups is 1. The SMILES string of the molecule is CCC=C(C=C(C)C)c1cnc2cnc(C(=O)N(C)c3ccc(Cl)nc3)cn12. The van der Waals surface area contributed by atoms with E-state index < -0.39 is 0 Å². The van der Waals surface area contributed by atoms with Gasteiger partial charge in [0.15, 0.2) is 5.65 Å². The van der Waals surface area contributed by atoms with Gasteiger partial charge < -0.3 is 4.90 Å². The van der Waals surface area contributed by atoms with Crippen LogP contribution in [-0.4, -0.2) is 32.3 Å². The maximum absolute atomic E-state index is 12.9. The molecule has 0 unspecified atom stereocenters. The van der Waals surface area contributed by atoms with Gasteiger partial charge in [0.25, 0.3) is 5.91 Å². The molecule has 3 rings (SSSR count). The number of aromatic nitrogens is 4. The Hall–Kier alpha value is -2.99. The molecule has 1 amide bonds. The molecule has 0 spiro atoms. The molecule has 28 heavy (non-hydrogen) atoms. The monoisotopic (exact) mass is 395 g/mol. The van der Waals surface area contributed by atoms with E-state index in [9.17, 15) is 4.79 Å². The molecule has 144 valence electrons. The number of imidazole rings is 1. The van der Waals surface area contributed by atoms with Crippen LogP contribution in [0.4, 0.5) is 5.69 Å². The van der Waals surface area contributed by atoms with E-state index >= 15 is 0 Å². The largest absolute Gasteiger partial charge is 0.309 e. The summed E-state index contributed by atoms with van der Waals surface area (Å²) in [5.41, 5.74) is 4.82. The van der Waals surface area contributed by atoms with E-state index in [0.717, 1.165) is 17.7 Å². The summed E-state index contributed by atoms with van der Waals surface area (Å²) in [6.07, 6.45) is 11.8. The van der Waals surface area contributed by atoms with Crippen molar-refractivity contribution < 1.29 is 4.79 Å². The van der Waals surface area contributed by atoms with E-state index in [1.54, 1.807) is 44.0 Å². The number of halogens is 1. The van der Waals surface area contributed by atoms with E-state index in [-0.39, 0.29) is 5.91 Å². The third-order valence-electron chi connectivity index (χ3n) is 4.18. The van der Waals surface area contributed by atoms with Crippen LogP contribution in [0.1, 0.15) is 43.4 Å². The Labute approximate surface area is 169 Å². The van der Waals surface area contributed by atoms with E-state index in [1.165, 1.54) is 10.5 Å². The molecule has 3 heterocycles. The molecule has 6 nitrogen and oxygen atoms in total. The highest BCUT2D eigenvalue weighted by Gasteiger charge is 2.17. The average molecular weight is 396 g/mol. The van der Waals surface area contributed by atoms with Crippen molar-refractivity contribution in [3.63, 3.8) is 0 Å². The standard InChI is InChI=1S/C21H22ClN5O/c1-5-6-15(9-14(2)3)18-11-25-20-12-23-17(13-27(18)20)21(28)26(4)16-7-8-19(22)24-10-16/h6-13H,5H2,1-4H3. The minimum Gasteiger partial charge on any atom is -0.309 e. The zero-order valence-corrected chi connectivity index (χ0v) is 17.1. The van der Waals surface area contributed by atoms with Crippen LogP contribution in [0.15, 0.2) is 54.6 Å². The van der Waals surface area contributed by atoms with Crippen molar-refractivity contribution in [3.8, 4) is 0 Å². The molecular formula is C21H22ClN5O. The summed E-state index contributed by atoms with van der Waals surface area (Å²) in [5.74, 6) is -0.242. The fourth-order valence-electron chi connectivity index (χ4n) is 2.84. The van der Waals surface area contributed by atoms with Gasteiger partial charge in [-0.25, -0.2) is 15.0 Å². The number of anilines is 1. The number of hydrogen-bond acceptors (Lipinski definition) is 4.